The first kappa shape index (κ1) is 13.4. The molecule has 0 radical (unpaired) electrons. The summed E-state index contributed by atoms with van der Waals surface area (Å²) in [6, 6.07) is -0.521. The van der Waals surface area contributed by atoms with Crippen LogP contribution in [0.1, 0.15) is 29.0 Å². The molecule has 1 aliphatic heterocycles. The molecule has 104 valence electrons. The van der Waals surface area contributed by atoms with Gasteiger partial charge < -0.3 is 15.4 Å². The number of hydrogen-bond donors (Lipinski definition) is 1. The van der Waals surface area contributed by atoms with Crippen LogP contribution in [0.15, 0.2) is 0 Å². The molecule has 1 aromatic rings. The van der Waals surface area contributed by atoms with Gasteiger partial charge in [-0.15, -0.1) is 0 Å². The third-order valence-electron chi connectivity index (χ3n) is 3.46. The zero-order valence-corrected chi connectivity index (χ0v) is 11.3. The molecule has 1 atom stereocenters. The Bertz CT molecular complexity index is 523. The molecular formula is C12H18N4O3. The van der Waals surface area contributed by atoms with Crippen molar-refractivity contribution in [1.82, 2.24) is 14.7 Å². The van der Waals surface area contributed by atoms with E-state index in [1.807, 2.05) is 0 Å². The number of nitrogens with two attached hydrogens (primary N) is 1. The fourth-order valence-electron chi connectivity index (χ4n) is 2.46. The average molecular weight is 266 g/mol. The number of hydrogen-bond acceptors (Lipinski definition) is 5. The lowest BCUT2D eigenvalue weighted by Crippen LogP contribution is -2.42. The number of aromatic nitrogens is 2. The van der Waals surface area contributed by atoms with Crippen LogP contribution < -0.4 is 5.73 Å². The van der Waals surface area contributed by atoms with E-state index in [4.69, 9.17) is 10.5 Å². The second-order valence-corrected chi connectivity index (χ2v) is 4.65. The maximum atomic E-state index is 12.5. The quantitative estimate of drug-likeness (QED) is 0.766. The maximum absolute atomic E-state index is 12.5. The molecule has 7 heteroatoms. The van der Waals surface area contributed by atoms with Gasteiger partial charge in [0.25, 0.3) is 5.91 Å². The molecule has 1 aliphatic rings. The lowest BCUT2D eigenvalue weighted by molar-refractivity contribution is -0.145. The van der Waals surface area contributed by atoms with Crippen LogP contribution in [0, 0.1) is 6.92 Å². The van der Waals surface area contributed by atoms with Crippen LogP contribution in [0.2, 0.25) is 0 Å². The molecule has 1 aromatic heterocycles. The van der Waals surface area contributed by atoms with Crippen molar-refractivity contribution in [3.8, 4) is 0 Å². The van der Waals surface area contributed by atoms with Crippen molar-refractivity contribution in [3.63, 3.8) is 0 Å². The zero-order valence-electron chi connectivity index (χ0n) is 11.3. The van der Waals surface area contributed by atoms with Gasteiger partial charge in [0.1, 0.15) is 11.7 Å². The molecule has 2 rings (SSSR count). The summed E-state index contributed by atoms with van der Waals surface area (Å²) in [5.41, 5.74) is 7.18. The molecule has 0 unspecified atom stereocenters. The number of carbonyl (C=O) groups excluding carboxylic acids is 2. The van der Waals surface area contributed by atoms with E-state index in [-0.39, 0.29) is 11.9 Å². The molecule has 7 nitrogen and oxygen atoms in total. The molecule has 1 saturated heterocycles. The summed E-state index contributed by atoms with van der Waals surface area (Å²) in [6.07, 6.45) is 1.40. The minimum atomic E-state index is -0.521. The molecule has 19 heavy (non-hydrogen) atoms. The fourth-order valence-corrected chi connectivity index (χ4v) is 2.46. The van der Waals surface area contributed by atoms with Gasteiger partial charge in [0.2, 0.25) is 0 Å². The van der Waals surface area contributed by atoms with E-state index in [9.17, 15) is 9.59 Å². The van der Waals surface area contributed by atoms with Gasteiger partial charge in [-0.1, -0.05) is 0 Å². The molecule has 0 aliphatic carbocycles. The van der Waals surface area contributed by atoms with E-state index in [0.717, 1.165) is 6.42 Å². The van der Waals surface area contributed by atoms with Crippen molar-refractivity contribution in [1.29, 1.82) is 0 Å². The number of nitrogens with zero attached hydrogens (tertiary/aromatic N) is 3. The molecule has 0 saturated carbocycles. The number of nitrogen functional groups attached to an aromatic ring is 1. The van der Waals surface area contributed by atoms with E-state index >= 15 is 0 Å². The molecule has 0 bridgehead atoms. The van der Waals surface area contributed by atoms with Gasteiger partial charge in [-0.25, -0.2) is 4.79 Å². The van der Waals surface area contributed by atoms with Crippen LogP contribution in [0.4, 0.5) is 5.69 Å². The summed E-state index contributed by atoms with van der Waals surface area (Å²) in [7, 11) is 2.99. The average Bonchev–Trinajstić information content (AvgIpc) is 2.94. The van der Waals surface area contributed by atoms with Gasteiger partial charge in [-0.3, -0.25) is 9.48 Å². The van der Waals surface area contributed by atoms with Crippen LogP contribution in [0.25, 0.3) is 0 Å². The number of rotatable bonds is 2. The first-order valence-electron chi connectivity index (χ1n) is 6.15. The summed E-state index contributed by atoms with van der Waals surface area (Å²) in [6.45, 7) is 2.27. The molecular weight excluding hydrogens is 248 g/mol. The number of aryl methyl sites for hydroxylation is 2. The zero-order chi connectivity index (χ0) is 14.2. The van der Waals surface area contributed by atoms with Gasteiger partial charge in [-0.2, -0.15) is 5.10 Å². The number of amides is 1. The second kappa shape index (κ2) is 4.91. The third kappa shape index (κ3) is 2.16. The van der Waals surface area contributed by atoms with E-state index in [1.165, 1.54) is 16.7 Å². The van der Waals surface area contributed by atoms with Crippen molar-refractivity contribution in [2.24, 2.45) is 7.05 Å². The lowest BCUT2D eigenvalue weighted by atomic mass is 10.2. The Balaban J connectivity index is 2.31. The van der Waals surface area contributed by atoms with Crippen molar-refractivity contribution in [3.05, 3.63) is 11.4 Å². The summed E-state index contributed by atoms with van der Waals surface area (Å²) in [4.78, 5) is 25.7. The minimum absolute atomic E-state index is 0.270. The Hall–Kier alpha value is -2.05. The van der Waals surface area contributed by atoms with E-state index in [1.54, 1.807) is 14.0 Å². The van der Waals surface area contributed by atoms with Crippen LogP contribution in [-0.2, 0) is 16.6 Å². The van der Waals surface area contributed by atoms with Crippen LogP contribution in [-0.4, -0.2) is 46.3 Å². The van der Waals surface area contributed by atoms with E-state index < -0.39 is 6.04 Å². The van der Waals surface area contributed by atoms with Gasteiger partial charge in [-0.05, 0) is 19.8 Å². The molecule has 0 aromatic carbocycles. The van der Waals surface area contributed by atoms with Crippen molar-refractivity contribution < 1.29 is 14.3 Å². The highest BCUT2D eigenvalue weighted by Crippen LogP contribution is 2.24. The van der Waals surface area contributed by atoms with E-state index in [2.05, 4.69) is 5.10 Å². The van der Waals surface area contributed by atoms with Crippen LogP contribution in [0.3, 0.4) is 0 Å². The van der Waals surface area contributed by atoms with Crippen LogP contribution >= 0.6 is 0 Å². The minimum Gasteiger partial charge on any atom is -0.467 e. The molecule has 1 fully saturated rings. The van der Waals surface area contributed by atoms with E-state index in [0.29, 0.717) is 30.0 Å². The molecule has 2 heterocycles. The predicted octanol–water partition coefficient (Wildman–Crippen LogP) is 0.0883. The number of carbonyl (C=O) groups is 2. The molecule has 0 spiro atoms. The molecule has 2 N–H and O–H groups in total. The largest absolute Gasteiger partial charge is 0.467 e. The SMILES string of the molecule is COC(=O)[C@@H]1CCCN1C(=O)c1c(N)c(C)nn1C. The summed E-state index contributed by atoms with van der Waals surface area (Å²) < 4.78 is 6.19. The Labute approximate surface area is 111 Å². The van der Waals surface area contributed by atoms with Gasteiger partial charge in [0.15, 0.2) is 0 Å². The smallest absolute Gasteiger partial charge is 0.328 e. The highest BCUT2D eigenvalue weighted by Gasteiger charge is 2.37. The monoisotopic (exact) mass is 266 g/mol. The maximum Gasteiger partial charge on any atom is 0.328 e. The topological polar surface area (TPSA) is 90.4 Å². The summed E-state index contributed by atoms with van der Waals surface area (Å²) in [5.74, 6) is -0.656. The number of ether oxygens (including phenoxy) is 1. The number of likely N-dealkylation sites (tertiary alicyclic amines) is 1. The Morgan fingerprint density at radius 3 is 2.68 bits per heavy atom. The number of anilines is 1. The number of esters is 1. The summed E-state index contributed by atoms with van der Waals surface area (Å²) >= 11 is 0. The standard InChI is InChI=1S/C12H18N4O3/c1-7-9(13)10(15(2)14-7)11(17)16-6-4-5-8(16)12(18)19-3/h8H,4-6,13H2,1-3H3/t8-/m0/s1. The first-order chi connectivity index (χ1) is 8.97. The second-order valence-electron chi connectivity index (χ2n) is 4.65. The van der Waals surface area contributed by atoms with Crippen molar-refractivity contribution in [2.75, 3.05) is 19.4 Å². The van der Waals surface area contributed by atoms with Gasteiger partial charge in [0, 0.05) is 13.6 Å². The normalized spacial score (nSPS) is 18.7. The highest BCUT2D eigenvalue weighted by atomic mass is 16.5. The first-order valence-corrected chi connectivity index (χ1v) is 6.15. The Kier molecular flexibility index (Phi) is 3.46. The molecule has 1 amide bonds. The Morgan fingerprint density at radius 1 is 1.47 bits per heavy atom. The third-order valence-corrected chi connectivity index (χ3v) is 3.46. The van der Waals surface area contributed by atoms with Crippen molar-refractivity contribution >= 4 is 17.6 Å². The van der Waals surface area contributed by atoms with Crippen LogP contribution in [0.5, 0.6) is 0 Å². The van der Waals surface area contributed by atoms with Crippen molar-refractivity contribution in [2.45, 2.75) is 25.8 Å². The lowest BCUT2D eigenvalue weighted by Gasteiger charge is -2.22. The summed E-state index contributed by atoms with van der Waals surface area (Å²) in [5, 5.41) is 4.12. The van der Waals surface area contributed by atoms with Gasteiger partial charge in [0.05, 0.1) is 18.5 Å². The predicted molar refractivity (Wildman–Crippen MR) is 68.4 cm³/mol. The highest BCUT2D eigenvalue weighted by molar-refractivity contribution is 6.00. The number of methoxy groups -OCH3 is 1. The fraction of sp³-hybridized carbons (Fsp3) is 0.583. The van der Waals surface area contributed by atoms with Gasteiger partial charge >= 0.3 is 5.97 Å². The Morgan fingerprint density at radius 2 is 2.16 bits per heavy atom.